The van der Waals surface area contributed by atoms with E-state index in [4.69, 9.17) is 5.11 Å². The number of nitrogens with one attached hydrogen (secondary N) is 2. The molecule has 0 saturated heterocycles. The number of amides is 3. The Morgan fingerprint density at radius 3 is 1.90 bits per heavy atom. The number of hydrogen-bond acceptors (Lipinski definition) is 6. The van der Waals surface area contributed by atoms with Crippen molar-refractivity contribution in [3.8, 4) is 0 Å². The predicted molar refractivity (Wildman–Crippen MR) is 104 cm³/mol. The van der Waals surface area contributed by atoms with Gasteiger partial charge in [-0.25, -0.2) is 0 Å². The highest BCUT2D eigenvalue weighted by molar-refractivity contribution is 5.79. The first-order valence-corrected chi connectivity index (χ1v) is 9.62. The van der Waals surface area contributed by atoms with Gasteiger partial charge in [-0.1, -0.05) is 0 Å². The van der Waals surface area contributed by atoms with Gasteiger partial charge in [-0.3, -0.25) is 24.0 Å². The van der Waals surface area contributed by atoms with Gasteiger partial charge < -0.3 is 25.4 Å². The number of aldehydes is 1. The van der Waals surface area contributed by atoms with Crippen LogP contribution in [0.15, 0.2) is 0 Å². The van der Waals surface area contributed by atoms with Crippen LogP contribution in [0.3, 0.4) is 0 Å². The lowest BCUT2D eigenvalue weighted by Crippen LogP contribution is -2.52. The standard InChI is InChI=1S/C19H31N3O7/c1-14(24)9-10-22(15(2)25)16(12-20-17(26)6-3-4-11-23)13-21-18(27)7-5-8-19(28)29/h11,16H,3-10,12-13H2,1-2H3,(H,20,26)(H,21,27)(H,28,29). The Morgan fingerprint density at radius 2 is 1.45 bits per heavy atom. The summed E-state index contributed by atoms with van der Waals surface area (Å²) in [7, 11) is 0. The fourth-order valence-electron chi connectivity index (χ4n) is 2.55. The molecule has 0 aliphatic rings. The van der Waals surface area contributed by atoms with E-state index < -0.39 is 12.0 Å². The monoisotopic (exact) mass is 413 g/mol. The molecule has 10 heteroatoms. The molecule has 0 radical (unpaired) electrons. The lowest BCUT2D eigenvalue weighted by molar-refractivity contribution is -0.137. The highest BCUT2D eigenvalue weighted by atomic mass is 16.4. The minimum Gasteiger partial charge on any atom is -0.481 e. The molecule has 0 bridgehead atoms. The van der Waals surface area contributed by atoms with E-state index in [1.807, 2.05) is 0 Å². The lowest BCUT2D eigenvalue weighted by Gasteiger charge is -2.31. The summed E-state index contributed by atoms with van der Waals surface area (Å²) in [6.45, 7) is 3.04. The van der Waals surface area contributed by atoms with E-state index in [1.54, 1.807) is 0 Å². The number of carbonyl (C=O) groups excluding carboxylic acids is 5. The van der Waals surface area contributed by atoms with Crippen LogP contribution in [0.2, 0.25) is 0 Å². The Morgan fingerprint density at radius 1 is 0.897 bits per heavy atom. The first kappa shape index (κ1) is 26.2. The van der Waals surface area contributed by atoms with Crippen molar-refractivity contribution in [2.24, 2.45) is 0 Å². The normalized spacial score (nSPS) is 11.2. The molecule has 1 atom stereocenters. The smallest absolute Gasteiger partial charge is 0.303 e. The number of Topliss-reactive ketones (excluding diaryl/α,β-unsaturated/α-hetero) is 1. The number of nitrogens with zero attached hydrogens (tertiary/aromatic N) is 1. The van der Waals surface area contributed by atoms with Gasteiger partial charge in [0.05, 0.1) is 6.04 Å². The number of carbonyl (C=O) groups is 6. The van der Waals surface area contributed by atoms with Crippen LogP contribution in [0.4, 0.5) is 0 Å². The van der Waals surface area contributed by atoms with Crippen molar-refractivity contribution in [1.82, 2.24) is 15.5 Å². The summed E-state index contributed by atoms with van der Waals surface area (Å²) in [5.74, 6) is -2.01. The number of ketones is 1. The fraction of sp³-hybridized carbons (Fsp3) is 0.684. The van der Waals surface area contributed by atoms with E-state index in [9.17, 15) is 28.8 Å². The van der Waals surface area contributed by atoms with Crippen LogP contribution in [0.5, 0.6) is 0 Å². The van der Waals surface area contributed by atoms with E-state index in [0.29, 0.717) is 6.42 Å². The highest BCUT2D eigenvalue weighted by Gasteiger charge is 2.22. The molecule has 164 valence electrons. The van der Waals surface area contributed by atoms with E-state index in [2.05, 4.69) is 10.6 Å². The molecular formula is C19H31N3O7. The van der Waals surface area contributed by atoms with Crippen molar-refractivity contribution in [3.63, 3.8) is 0 Å². The van der Waals surface area contributed by atoms with Crippen LogP contribution in [-0.4, -0.2) is 71.4 Å². The first-order valence-electron chi connectivity index (χ1n) is 9.62. The van der Waals surface area contributed by atoms with Gasteiger partial charge in [-0.15, -0.1) is 0 Å². The Hall–Kier alpha value is -2.78. The van der Waals surface area contributed by atoms with Crippen LogP contribution < -0.4 is 10.6 Å². The van der Waals surface area contributed by atoms with E-state index in [0.717, 1.165) is 6.29 Å². The minimum absolute atomic E-state index is 0.0323. The molecule has 29 heavy (non-hydrogen) atoms. The molecule has 0 aromatic rings. The van der Waals surface area contributed by atoms with E-state index >= 15 is 0 Å². The van der Waals surface area contributed by atoms with Crippen LogP contribution in [-0.2, 0) is 28.8 Å². The number of rotatable bonds is 16. The number of carboxylic acid groups (broad SMARTS) is 1. The molecule has 0 saturated carbocycles. The number of aliphatic carboxylic acids is 1. The third kappa shape index (κ3) is 14.0. The van der Waals surface area contributed by atoms with Crippen LogP contribution >= 0.6 is 0 Å². The van der Waals surface area contributed by atoms with Crippen molar-refractivity contribution >= 4 is 35.8 Å². The first-order chi connectivity index (χ1) is 13.7. The van der Waals surface area contributed by atoms with Gasteiger partial charge in [0.1, 0.15) is 12.1 Å². The summed E-state index contributed by atoms with van der Waals surface area (Å²) in [6, 6.07) is -0.565. The van der Waals surface area contributed by atoms with Gasteiger partial charge in [0.2, 0.25) is 17.7 Å². The second kappa shape index (κ2) is 15.2. The Kier molecular flexibility index (Phi) is 13.7. The van der Waals surface area contributed by atoms with E-state index in [-0.39, 0.29) is 81.7 Å². The van der Waals surface area contributed by atoms with Crippen molar-refractivity contribution < 1.29 is 33.9 Å². The van der Waals surface area contributed by atoms with Crippen LogP contribution in [0.1, 0.15) is 58.8 Å². The van der Waals surface area contributed by atoms with Gasteiger partial charge in [0.25, 0.3) is 0 Å². The minimum atomic E-state index is -0.986. The number of hydrogen-bond donors (Lipinski definition) is 3. The molecule has 3 N–H and O–H groups in total. The SMILES string of the molecule is CC(=O)CCN(C(C)=O)C(CNC(=O)CCCC=O)CNC(=O)CCCC(=O)O. The van der Waals surface area contributed by atoms with Crippen molar-refractivity contribution in [2.75, 3.05) is 19.6 Å². The Labute approximate surface area is 170 Å². The largest absolute Gasteiger partial charge is 0.481 e. The molecule has 1 unspecified atom stereocenters. The third-order valence-corrected chi connectivity index (χ3v) is 4.14. The quantitative estimate of drug-likeness (QED) is 0.239. The maximum atomic E-state index is 12.0. The molecule has 0 heterocycles. The topological polar surface area (TPSA) is 150 Å². The van der Waals surface area contributed by atoms with Gasteiger partial charge >= 0.3 is 5.97 Å². The molecule has 0 aliphatic heterocycles. The van der Waals surface area contributed by atoms with Crippen molar-refractivity contribution in [3.05, 3.63) is 0 Å². The maximum Gasteiger partial charge on any atom is 0.303 e. The Bertz CT molecular complexity index is 592. The molecule has 3 amide bonds. The zero-order chi connectivity index (χ0) is 22.2. The number of unbranched alkanes of at least 4 members (excludes halogenated alkanes) is 1. The fourth-order valence-corrected chi connectivity index (χ4v) is 2.55. The third-order valence-electron chi connectivity index (χ3n) is 4.14. The summed E-state index contributed by atoms with van der Waals surface area (Å²) in [6.07, 6.45) is 1.85. The van der Waals surface area contributed by atoms with Crippen LogP contribution in [0.25, 0.3) is 0 Å². The molecule has 0 aromatic carbocycles. The molecule has 0 aliphatic carbocycles. The molecular weight excluding hydrogens is 382 g/mol. The molecule has 0 rings (SSSR count). The molecule has 0 spiro atoms. The predicted octanol–water partition coefficient (Wildman–Crippen LogP) is 0.0391. The van der Waals surface area contributed by atoms with Gasteiger partial charge in [0.15, 0.2) is 0 Å². The number of carboxylic acids is 1. The summed E-state index contributed by atoms with van der Waals surface area (Å²) >= 11 is 0. The molecule has 0 aromatic heterocycles. The zero-order valence-electron chi connectivity index (χ0n) is 17.1. The Balaban J connectivity index is 4.86. The van der Waals surface area contributed by atoms with Gasteiger partial charge in [0, 0.05) is 58.7 Å². The highest BCUT2D eigenvalue weighted by Crippen LogP contribution is 2.04. The molecule has 10 nitrogen and oxygen atoms in total. The van der Waals surface area contributed by atoms with Gasteiger partial charge in [-0.05, 0) is 19.8 Å². The summed E-state index contributed by atoms with van der Waals surface area (Å²) < 4.78 is 0. The second-order valence-electron chi connectivity index (χ2n) is 6.73. The van der Waals surface area contributed by atoms with E-state index in [1.165, 1.54) is 18.7 Å². The maximum absolute atomic E-state index is 12.0. The summed E-state index contributed by atoms with van der Waals surface area (Å²) in [5, 5.41) is 13.9. The summed E-state index contributed by atoms with van der Waals surface area (Å²) in [4.78, 5) is 69.4. The zero-order valence-corrected chi connectivity index (χ0v) is 17.1. The summed E-state index contributed by atoms with van der Waals surface area (Å²) in [5.41, 5.74) is 0. The van der Waals surface area contributed by atoms with Gasteiger partial charge in [-0.2, -0.15) is 0 Å². The second-order valence-corrected chi connectivity index (χ2v) is 6.73. The van der Waals surface area contributed by atoms with Crippen molar-refractivity contribution in [1.29, 1.82) is 0 Å². The molecule has 0 fully saturated rings. The van der Waals surface area contributed by atoms with Crippen molar-refractivity contribution in [2.45, 2.75) is 64.8 Å². The van der Waals surface area contributed by atoms with Crippen LogP contribution in [0, 0.1) is 0 Å². The average molecular weight is 413 g/mol. The lowest BCUT2D eigenvalue weighted by atomic mass is 10.1. The average Bonchev–Trinajstić information content (AvgIpc) is 2.62.